The Bertz CT molecular complexity index is 1830. The Morgan fingerprint density at radius 3 is 2.51 bits per heavy atom. The van der Waals surface area contributed by atoms with Crippen molar-refractivity contribution in [1.82, 2.24) is 24.2 Å². The summed E-state index contributed by atoms with van der Waals surface area (Å²) >= 11 is 0. The van der Waals surface area contributed by atoms with E-state index in [-0.39, 0.29) is 23.1 Å². The number of para-hydroxylation sites is 2. The number of imidazole rings is 1. The summed E-state index contributed by atoms with van der Waals surface area (Å²) < 4.78 is 32.2. The van der Waals surface area contributed by atoms with Gasteiger partial charge in [0.2, 0.25) is 0 Å². The first-order chi connectivity index (χ1) is 19.8. The maximum atomic E-state index is 14.3. The lowest BCUT2D eigenvalue weighted by Crippen LogP contribution is -2.65. The molecule has 4 fully saturated rings. The van der Waals surface area contributed by atoms with Crippen LogP contribution in [0.4, 0.5) is 8.78 Å². The highest BCUT2D eigenvalue weighted by Gasteiger charge is 2.69. The largest absolute Gasteiger partial charge is 0.339 e. The molecule has 8 heteroatoms. The first-order valence-electron chi connectivity index (χ1n) is 14.5. The lowest BCUT2D eigenvalue weighted by Gasteiger charge is -2.66. The normalized spacial score (nSPS) is 24.0. The fraction of sp³-hybridized carbons (Fsp3) is 0.364. The monoisotopic (exact) mass is 551 g/mol. The molecule has 0 spiro atoms. The maximum Gasteiger partial charge on any atom is 0.253 e. The summed E-state index contributed by atoms with van der Waals surface area (Å²) in [6.07, 6.45) is 3.69. The van der Waals surface area contributed by atoms with Crippen molar-refractivity contribution in [3.8, 4) is 11.3 Å². The van der Waals surface area contributed by atoms with Crippen molar-refractivity contribution in [2.75, 3.05) is 13.1 Å². The topological polar surface area (TPSA) is 56.0 Å². The summed E-state index contributed by atoms with van der Waals surface area (Å²) in [6.45, 7) is 2.14. The van der Waals surface area contributed by atoms with Crippen molar-refractivity contribution in [1.29, 1.82) is 0 Å². The van der Waals surface area contributed by atoms with Gasteiger partial charge in [-0.2, -0.15) is 5.10 Å². The molecule has 1 saturated heterocycles. The second-order valence-corrected chi connectivity index (χ2v) is 12.5. The number of halogens is 2. The lowest BCUT2D eigenvalue weighted by atomic mass is 9.42. The Morgan fingerprint density at radius 2 is 1.76 bits per heavy atom. The van der Waals surface area contributed by atoms with E-state index in [1.54, 1.807) is 10.7 Å². The molecule has 1 amide bonds. The van der Waals surface area contributed by atoms with E-state index >= 15 is 0 Å². The molecule has 0 radical (unpaired) electrons. The molecule has 0 unspecified atom stereocenters. The molecule has 6 nitrogen and oxygen atoms in total. The van der Waals surface area contributed by atoms with Crippen LogP contribution in [0.3, 0.4) is 0 Å². The van der Waals surface area contributed by atoms with Crippen LogP contribution in [-0.4, -0.2) is 48.9 Å². The van der Waals surface area contributed by atoms with Gasteiger partial charge in [-0.15, -0.1) is 0 Å². The van der Waals surface area contributed by atoms with Gasteiger partial charge in [0, 0.05) is 49.1 Å². The summed E-state index contributed by atoms with van der Waals surface area (Å²) in [5, 5.41) is 5.50. The number of carbonyl (C=O) groups excluding carboxylic acids is 1. The van der Waals surface area contributed by atoms with Crippen LogP contribution in [0.25, 0.3) is 33.2 Å². The molecule has 0 atom stereocenters. The van der Waals surface area contributed by atoms with Gasteiger partial charge in [0.1, 0.15) is 23.0 Å². The van der Waals surface area contributed by atoms with Gasteiger partial charge in [0.25, 0.3) is 5.91 Å². The smallest absolute Gasteiger partial charge is 0.253 e. The molecule has 3 heterocycles. The van der Waals surface area contributed by atoms with E-state index in [0.717, 1.165) is 47.1 Å². The summed E-state index contributed by atoms with van der Waals surface area (Å²) in [6, 6.07) is 20.3. The average molecular weight is 552 g/mol. The van der Waals surface area contributed by atoms with E-state index in [9.17, 15) is 13.6 Å². The van der Waals surface area contributed by atoms with E-state index in [1.165, 1.54) is 12.1 Å². The standard InChI is InChI=1S/C33H31F2N5O/c1-38-28-16-23(9-10-25(28)29(37-38)22-5-4-6-24(34)15-22)31(41)39-13-11-21(12-14-39)30-36-26-7-2-3-8-27(26)40(30)20-32-17-33(35,18-32)19-32/h2-10,15-16,21H,11-14,17-20H2,1H3. The van der Waals surface area contributed by atoms with Crippen molar-refractivity contribution >= 4 is 27.8 Å². The number of rotatable bonds is 5. The summed E-state index contributed by atoms with van der Waals surface area (Å²) in [5.41, 5.74) is 4.16. The third-order valence-electron chi connectivity index (χ3n) is 9.60. The second-order valence-electron chi connectivity index (χ2n) is 12.5. The van der Waals surface area contributed by atoms with Crippen molar-refractivity contribution in [3.63, 3.8) is 0 Å². The van der Waals surface area contributed by atoms with E-state index in [0.29, 0.717) is 49.2 Å². The summed E-state index contributed by atoms with van der Waals surface area (Å²) in [5.74, 6) is 1.04. The van der Waals surface area contributed by atoms with Gasteiger partial charge in [-0.3, -0.25) is 9.48 Å². The fourth-order valence-corrected chi connectivity index (χ4v) is 7.70. The number of benzene rings is 3. The number of alkyl halides is 1. The molecule has 2 aromatic heterocycles. The number of aromatic nitrogens is 4. The fourth-order valence-electron chi connectivity index (χ4n) is 7.70. The predicted molar refractivity (Wildman–Crippen MR) is 154 cm³/mol. The van der Waals surface area contributed by atoms with Crippen LogP contribution in [0.5, 0.6) is 0 Å². The van der Waals surface area contributed by atoms with Crippen LogP contribution < -0.4 is 0 Å². The van der Waals surface area contributed by atoms with Crippen LogP contribution in [0.1, 0.15) is 54.2 Å². The third-order valence-corrected chi connectivity index (χ3v) is 9.60. The van der Waals surface area contributed by atoms with Crippen molar-refractivity contribution in [2.45, 2.75) is 50.2 Å². The molecule has 4 aliphatic rings. The predicted octanol–water partition coefficient (Wildman–Crippen LogP) is 6.64. The number of piperidine rings is 1. The Morgan fingerprint density at radius 1 is 0.976 bits per heavy atom. The zero-order valence-electron chi connectivity index (χ0n) is 23.0. The van der Waals surface area contributed by atoms with E-state index < -0.39 is 5.67 Å². The molecular weight excluding hydrogens is 520 g/mol. The van der Waals surface area contributed by atoms with Gasteiger partial charge < -0.3 is 9.47 Å². The maximum absolute atomic E-state index is 14.3. The van der Waals surface area contributed by atoms with Crippen molar-refractivity contribution in [3.05, 3.63) is 83.9 Å². The zero-order chi connectivity index (χ0) is 27.9. The van der Waals surface area contributed by atoms with Crippen LogP contribution in [0.2, 0.25) is 0 Å². The van der Waals surface area contributed by atoms with Crippen LogP contribution in [0, 0.1) is 11.2 Å². The molecule has 3 aliphatic carbocycles. The van der Waals surface area contributed by atoms with Gasteiger partial charge in [0.05, 0.1) is 16.6 Å². The second kappa shape index (κ2) is 8.71. The minimum absolute atomic E-state index is 0.00877. The van der Waals surface area contributed by atoms with Gasteiger partial charge in [-0.25, -0.2) is 13.8 Å². The first kappa shape index (κ1) is 24.7. The van der Waals surface area contributed by atoms with Crippen LogP contribution in [0.15, 0.2) is 66.7 Å². The Labute approximate surface area is 236 Å². The van der Waals surface area contributed by atoms with Gasteiger partial charge in [-0.1, -0.05) is 24.3 Å². The first-order valence-corrected chi connectivity index (χ1v) is 14.5. The highest BCUT2D eigenvalue weighted by molar-refractivity contribution is 6.01. The minimum Gasteiger partial charge on any atom is -0.339 e. The summed E-state index contributed by atoms with van der Waals surface area (Å²) in [4.78, 5) is 20.6. The van der Waals surface area contributed by atoms with Crippen molar-refractivity contribution in [2.24, 2.45) is 12.5 Å². The minimum atomic E-state index is -0.915. The molecule has 41 heavy (non-hydrogen) atoms. The Kier molecular flexibility index (Phi) is 5.25. The Balaban J connectivity index is 1.02. The quantitative estimate of drug-likeness (QED) is 0.246. The van der Waals surface area contributed by atoms with Gasteiger partial charge in [-0.05, 0) is 80.0 Å². The summed E-state index contributed by atoms with van der Waals surface area (Å²) in [7, 11) is 1.84. The molecule has 5 aromatic rings. The molecule has 0 N–H and O–H groups in total. The lowest BCUT2D eigenvalue weighted by molar-refractivity contribution is -0.220. The SMILES string of the molecule is Cn1nc(-c2cccc(F)c2)c2ccc(C(=O)N3CCC(c4nc5ccccc5n4CC45CC(F)(C4)C5)CC3)cc21. The number of amides is 1. The molecule has 208 valence electrons. The highest BCUT2D eigenvalue weighted by atomic mass is 19.1. The van der Waals surface area contributed by atoms with Crippen LogP contribution in [-0.2, 0) is 13.6 Å². The molecule has 9 rings (SSSR count). The number of hydrogen-bond donors (Lipinski definition) is 0. The number of fused-ring (bicyclic) bond motifs is 2. The zero-order valence-corrected chi connectivity index (χ0v) is 23.0. The average Bonchev–Trinajstić information content (AvgIpc) is 3.48. The Hall–Kier alpha value is -4.07. The number of hydrogen-bond acceptors (Lipinski definition) is 3. The van der Waals surface area contributed by atoms with Gasteiger partial charge >= 0.3 is 0 Å². The number of likely N-dealkylation sites (tertiary alicyclic amines) is 1. The van der Waals surface area contributed by atoms with E-state index in [1.807, 2.05) is 48.3 Å². The van der Waals surface area contributed by atoms with Crippen molar-refractivity contribution < 1.29 is 13.6 Å². The molecular formula is C33H31F2N5O. The molecule has 3 saturated carbocycles. The number of carbonyl (C=O) groups is 1. The number of aryl methyl sites for hydroxylation is 1. The third kappa shape index (κ3) is 3.90. The number of nitrogens with zero attached hydrogens (tertiary/aromatic N) is 5. The van der Waals surface area contributed by atoms with E-state index in [4.69, 9.17) is 4.98 Å². The van der Waals surface area contributed by atoms with E-state index in [2.05, 4.69) is 21.8 Å². The highest BCUT2D eigenvalue weighted by Crippen LogP contribution is 2.70. The molecule has 2 bridgehead atoms. The molecule has 3 aromatic carbocycles. The van der Waals surface area contributed by atoms with Crippen LogP contribution >= 0.6 is 0 Å². The van der Waals surface area contributed by atoms with Gasteiger partial charge in [0.15, 0.2) is 0 Å². The molecule has 1 aliphatic heterocycles.